The molecule has 0 nitrogen and oxygen atoms in total. The molecule has 2 aromatic rings. The van der Waals surface area contributed by atoms with Crippen molar-refractivity contribution in [3.05, 3.63) is 58.9 Å². The second kappa shape index (κ2) is 11.1. The molecule has 3 heteroatoms. The normalized spacial score (nSPS) is 26.7. The summed E-state index contributed by atoms with van der Waals surface area (Å²) in [4.78, 5) is 0. The van der Waals surface area contributed by atoms with Gasteiger partial charge in [0.05, 0.1) is 5.02 Å². The third kappa shape index (κ3) is 6.23. The van der Waals surface area contributed by atoms with Crippen LogP contribution in [-0.4, -0.2) is 8.80 Å². The van der Waals surface area contributed by atoms with Gasteiger partial charge >= 0.3 is 0 Å². The lowest BCUT2D eigenvalue weighted by atomic mass is 9.73. The molecule has 1 aliphatic heterocycles. The Hall–Kier alpha value is -1.12. The van der Waals surface area contributed by atoms with E-state index in [0.29, 0.717) is 0 Å². The minimum absolute atomic E-state index is 0.182. The van der Waals surface area contributed by atoms with E-state index in [2.05, 4.69) is 31.2 Å². The molecule has 2 aliphatic rings. The predicted molar refractivity (Wildman–Crippen MR) is 135 cm³/mol. The van der Waals surface area contributed by atoms with E-state index < -0.39 is 0 Å². The van der Waals surface area contributed by atoms with Crippen LogP contribution >= 0.6 is 11.6 Å². The molecule has 31 heavy (non-hydrogen) atoms. The minimum Gasteiger partial charge on any atom is -0.205 e. The van der Waals surface area contributed by atoms with Gasteiger partial charge in [0.1, 0.15) is 5.82 Å². The highest BCUT2D eigenvalue weighted by Crippen LogP contribution is 2.42. The Morgan fingerprint density at radius 1 is 0.871 bits per heavy atom. The second-order valence-corrected chi connectivity index (χ2v) is 14.1. The first-order chi connectivity index (χ1) is 15.1. The Morgan fingerprint density at radius 3 is 2.16 bits per heavy atom. The van der Waals surface area contributed by atoms with E-state index in [-0.39, 0.29) is 19.6 Å². The lowest BCUT2D eigenvalue weighted by molar-refractivity contribution is 0.186. The zero-order valence-corrected chi connectivity index (χ0v) is 21.0. The van der Waals surface area contributed by atoms with E-state index >= 15 is 0 Å². The third-order valence-electron chi connectivity index (χ3n) is 8.19. The molecule has 2 fully saturated rings. The fraction of sp³-hybridized carbons (Fsp3) is 0.571. The Balaban J connectivity index is 1.21. The number of benzene rings is 2. The van der Waals surface area contributed by atoms with Crippen molar-refractivity contribution in [2.75, 3.05) is 0 Å². The molecule has 0 radical (unpaired) electrons. The van der Waals surface area contributed by atoms with Crippen LogP contribution in [-0.2, 0) is 6.42 Å². The van der Waals surface area contributed by atoms with E-state index in [1.807, 2.05) is 6.07 Å². The van der Waals surface area contributed by atoms with Gasteiger partial charge in [-0.25, -0.2) is 4.39 Å². The van der Waals surface area contributed by atoms with E-state index in [1.54, 1.807) is 37.0 Å². The van der Waals surface area contributed by atoms with Crippen LogP contribution in [0.3, 0.4) is 0 Å². The average molecular weight is 457 g/mol. The monoisotopic (exact) mass is 456 g/mol. The van der Waals surface area contributed by atoms with Gasteiger partial charge in [0.25, 0.3) is 0 Å². The van der Waals surface area contributed by atoms with Crippen molar-refractivity contribution >= 4 is 20.4 Å². The molecule has 168 valence electrons. The summed E-state index contributed by atoms with van der Waals surface area (Å²) in [5.41, 5.74) is 3.34. The van der Waals surface area contributed by atoms with Gasteiger partial charge in [-0.15, -0.1) is 0 Å². The maximum atomic E-state index is 13.7. The molecule has 1 saturated heterocycles. The van der Waals surface area contributed by atoms with Crippen molar-refractivity contribution in [2.24, 2.45) is 17.8 Å². The van der Waals surface area contributed by atoms with Crippen molar-refractivity contribution in [1.29, 1.82) is 0 Å². The molecule has 0 bridgehead atoms. The van der Waals surface area contributed by atoms with Crippen LogP contribution in [0.25, 0.3) is 11.1 Å². The van der Waals surface area contributed by atoms with Crippen LogP contribution in [0.1, 0.15) is 63.9 Å². The number of hydrogen-bond donors (Lipinski definition) is 0. The molecule has 1 aliphatic carbocycles. The van der Waals surface area contributed by atoms with Gasteiger partial charge in [-0.1, -0.05) is 99.1 Å². The lowest BCUT2D eigenvalue weighted by Gasteiger charge is -2.37. The second-order valence-electron chi connectivity index (χ2n) is 10.2. The number of aryl methyl sites for hydroxylation is 1. The van der Waals surface area contributed by atoms with Crippen molar-refractivity contribution in [1.82, 2.24) is 0 Å². The standard InChI is InChI=1S/C28H38ClFSi/c1-2-17-31-18-15-25(16-19-31)23-9-5-21(6-10-23)3-4-22-7-11-24(12-8-22)26-13-14-27(29)28(30)20-26/h7-8,11-14,20-21,23,25,31H,2-6,9-10,15-19H2,1H3/t21-,23-,25?,31?. The Labute approximate surface area is 195 Å². The van der Waals surface area contributed by atoms with E-state index in [4.69, 9.17) is 11.6 Å². The molecular formula is C28H38ClFSi. The minimum atomic E-state index is -0.352. The van der Waals surface area contributed by atoms with Crippen LogP contribution in [0.5, 0.6) is 0 Å². The molecule has 0 atom stereocenters. The summed E-state index contributed by atoms with van der Waals surface area (Å²) in [6, 6.07) is 18.6. The molecule has 1 saturated carbocycles. The molecule has 4 rings (SSSR count). The number of rotatable bonds is 7. The van der Waals surface area contributed by atoms with Crippen LogP contribution in [0.4, 0.5) is 4.39 Å². The van der Waals surface area contributed by atoms with Crippen molar-refractivity contribution in [3.63, 3.8) is 0 Å². The highest BCUT2D eigenvalue weighted by atomic mass is 35.5. The molecule has 0 aromatic heterocycles. The molecule has 2 aromatic carbocycles. The number of hydrogen-bond acceptors (Lipinski definition) is 0. The largest absolute Gasteiger partial charge is 0.205 e. The first-order valence-corrected chi connectivity index (χ1v) is 15.5. The zero-order valence-electron chi connectivity index (χ0n) is 19.1. The topological polar surface area (TPSA) is 0 Å². The predicted octanol–water partition coefficient (Wildman–Crippen LogP) is 8.93. The molecular weight excluding hydrogens is 419 g/mol. The molecule has 0 amide bonds. The smallest absolute Gasteiger partial charge is 0.142 e. The van der Waals surface area contributed by atoms with Crippen LogP contribution in [0, 0.1) is 23.6 Å². The van der Waals surface area contributed by atoms with Crippen LogP contribution < -0.4 is 0 Å². The summed E-state index contributed by atoms with van der Waals surface area (Å²) in [5, 5.41) is 0.182. The number of halogens is 2. The lowest BCUT2D eigenvalue weighted by Crippen LogP contribution is -2.28. The van der Waals surface area contributed by atoms with E-state index in [9.17, 15) is 4.39 Å². The zero-order chi connectivity index (χ0) is 21.6. The summed E-state index contributed by atoms with van der Waals surface area (Å²) < 4.78 is 13.7. The molecule has 0 N–H and O–H groups in total. The Morgan fingerprint density at radius 2 is 1.52 bits per heavy atom. The van der Waals surface area contributed by atoms with Crippen molar-refractivity contribution in [2.45, 2.75) is 82.8 Å². The molecule has 1 heterocycles. The van der Waals surface area contributed by atoms with Gasteiger partial charge in [-0.2, -0.15) is 0 Å². The van der Waals surface area contributed by atoms with Crippen molar-refractivity contribution in [3.8, 4) is 11.1 Å². The SMILES string of the molecule is CCC[SiH]1CCC([C@H]2CC[C@H](CCc3ccc(-c4ccc(Cl)c(F)c4)cc3)CC2)CC1. The van der Waals surface area contributed by atoms with E-state index in [1.165, 1.54) is 50.2 Å². The summed E-state index contributed by atoms with van der Waals surface area (Å²) in [6.07, 6.45) is 12.9. The van der Waals surface area contributed by atoms with E-state index in [0.717, 1.165) is 35.3 Å². The highest BCUT2D eigenvalue weighted by Gasteiger charge is 2.30. The third-order valence-corrected chi connectivity index (χ3v) is 12.2. The first kappa shape index (κ1) is 23.0. The van der Waals surface area contributed by atoms with Crippen molar-refractivity contribution < 1.29 is 4.39 Å². The average Bonchev–Trinajstić information content (AvgIpc) is 2.81. The fourth-order valence-corrected chi connectivity index (χ4v) is 9.81. The summed E-state index contributed by atoms with van der Waals surface area (Å²) in [6.45, 7) is 2.37. The molecule has 0 spiro atoms. The summed E-state index contributed by atoms with van der Waals surface area (Å²) in [5.74, 6) is 2.65. The quantitative estimate of drug-likeness (QED) is 0.364. The summed E-state index contributed by atoms with van der Waals surface area (Å²) >= 11 is 5.81. The van der Waals surface area contributed by atoms with Gasteiger partial charge in [-0.05, 0) is 72.3 Å². The van der Waals surface area contributed by atoms with Gasteiger partial charge in [-0.3, -0.25) is 0 Å². The van der Waals surface area contributed by atoms with Crippen LogP contribution in [0.2, 0.25) is 23.2 Å². The van der Waals surface area contributed by atoms with Gasteiger partial charge in [0, 0.05) is 8.80 Å². The Kier molecular flexibility index (Phi) is 8.28. The van der Waals surface area contributed by atoms with Gasteiger partial charge < -0.3 is 0 Å². The first-order valence-electron chi connectivity index (χ1n) is 12.7. The fourth-order valence-electron chi connectivity index (χ4n) is 6.22. The highest BCUT2D eigenvalue weighted by molar-refractivity contribution is 6.58. The maximum absolute atomic E-state index is 13.7. The van der Waals surface area contributed by atoms with Gasteiger partial charge in [0.2, 0.25) is 0 Å². The van der Waals surface area contributed by atoms with Crippen LogP contribution in [0.15, 0.2) is 42.5 Å². The van der Waals surface area contributed by atoms with Gasteiger partial charge in [0.15, 0.2) is 0 Å². The maximum Gasteiger partial charge on any atom is 0.142 e. The Bertz CT molecular complexity index is 817. The molecule has 0 unspecified atom stereocenters. The summed E-state index contributed by atoms with van der Waals surface area (Å²) in [7, 11) is -0.331.